The number of nitrogens with two attached hydrogens (primary N) is 1. The number of rotatable bonds is 1. The molecule has 0 radical (unpaired) electrons. The average Bonchev–Trinajstić information content (AvgIpc) is 2.25. The number of hydrogen-bond acceptors (Lipinski definition) is 3. The van der Waals surface area contributed by atoms with Crippen LogP contribution < -0.4 is 11.4 Å². The number of aryl methyl sites for hydroxylation is 1. The van der Waals surface area contributed by atoms with E-state index in [-0.39, 0.29) is 11.5 Å². The molecule has 2 rings (SSSR count). The molecule has 0 saturated carbocycles. The SMILES string of the molecule is Cn1cc(-c2ccccc2)c(N)nc1=O. The van der Waals surface area contributed by atoms with Crippen LogP contribution in [0.1, 0.15) is 0 Å². The lowest BCUT2D eigenvalue weighted by Gasteiger charge is -2.06. The van der Waals surface area contributed by atoms with Gasteiger partial charge in [-0.25, -0.2) is 4.79 Å². The van der Waals surface area contributed by atoms with Crippen LogP contribution in [0.3, 0.4) is 0 Å². The van der Waals surface area contributed by atoms with Gasteiger partial charge in [0.1, 0.15) is 5.82 Å². The van der Waals surface area contributed by atoms with Gasteiger partial charge < -0.3 is 10.3 Å². The lowest BCUT2D eigenvalue weighted by atomic mass is 10.1. The molecular formula is C11H11N3O. The highest BCUT2D eigenvalue weighted by atomic mass is 16.1. The summed E-state index contributed by atoms with van der Waals surface area (Å²) in [5.41, 5.74) is 7.09. The summed E-state index contributed by atoms with van der Waals surface area (Å²) in [6.07, 6.45) is 1.69. The maximum absolute atomic E-state index is 11.2. The molecule has 1 aromatic heterocycles. The quantitative estimate of drug-likeness (QED) is 0.749. The highest BCUT2D eigenvalue weighted by Gasteiger charge is 2.05. The molecule has 0 fully saturated rings. The second-order valence-corrected chi connectivity index (χ2v) is 3.30. The number of anilines is 1. The third-order valence-corrected chi connectivity index (χ3v) is 2.20. The predicted molar refractivity (Wildman–Crippen MR) is 59.3 cm³/mol. The summed E-state index contributed by atoms with van der Waals surface area (Å²) in [6, 6.07) is 9.62. The summed E-state index contributed by atoms with van der Waals surface area (Å²) in [7, 11) is 1.65. The van der Waals surface area contributed by atoms with Crippen molar-refractivity contribution in [2.75, 3.05) is 5.73 Å². The van der Waals surface area contributed by atoms with E-state index >= 15 is 0 Å². The minimum Gasteiger partial charge on any atom is -0.383 e. The minimum absolute atomic E-state index is 0.268. The third kappa shape index (κ3) is 1.74. The zero-order valence-corrected chi connectivity index (χ0v) is 8.34. The van der Waals surface area contributed by atoms with Crippen molar-refractivity contribution < 1.29 is 0 Å². The van der Waals surface area contributed by atoms with Gasteiger partial charge in [0.15, 0.2) is 0 Å². The zero-order valence-electron chi connectivity index (χ0n) is 8.34. The standard InChI is InChI=1S/C11H11N3O/c1-14-7-9(10(12)13-11(14)15)8-5-3-2-4-6-8/h2-7H,1H3,(H2,12,13,15). The Bertz CT molecular complexity index is 531. The van der Waals surface area contributed by atoms with Gasteiger partial charge in [0.05, 0.1) is 0 Å². The van der Waals surface area contributed by atoms with Crippen LogP contribution in [0.4, 0.5) is 5.82 Å². The first-order valence-corrected chi connectivity index (χ1v) is 4.57. The second-order valence-electron chi connectivity index (χ2n) is 3.30. The monoisotopic (exact) mass is 201 g/mol. The van der Waals surface area contributed by atoms with Crippen LogP contribution in [0.2, 0.25) is 0 Å². The minimum atomic E-state index is -0.341. The summed E-state index contributed by atoms with van der Waals surface area (Å²) < 4.78 is 1.42. The molecule has 0 aliphatic rings. The Hall–Kier alpha value is -2.10. The van der Waals surface area contributed by atoms with Gasteiger partial charge in [-0.2, -0.15) is 4.98 Å². The zero-order chi connectivity index (χ0) is 10.8. The fourth-order valence-electron chi connectivity index (χ4n) is 1.40. The second kappa shape index (κ2) is 3.57. The van der Waals surface area contributed by atoms with Gasteiger partial charge in [-0.1, -0.05) is 30.3 Å². The molecule has 0 atom stereocenters. The summed E-state index contributed by atoms with van der Waals surface area (Å²) in [4.78, 5) is 14.9. The predicted octanol–water partition coefficient (Wildman–Crippen LogP) is 1.03. The van der Waals surface area contributed by atoms with E-state index in [4.69, 9.17) is 5.73 Å². The van der Waals surface area contributed by atoms with E-state index in [0.717, 1.165) is 11.1 Å². The Morgan fingerprint density at radius 2 is 1.93 bits per heavy atom. The molecule has 0 spiro atoms. The number of nitrogen functional groups attached to an aromatic ring is 1. The van der Waals surface area contributed by atoms with E-state index in [9.17, 15) is 4.79 Å². The normalized spacial score (nSPS) is 10.2. The molecular weight excluding hydrogens is 190 g/mol. The summed E-state index contributed by atoms with van der Waals surface area (Å²) in [6.45, 7) is 0. The molecule has 0 amide bonds. The van der Waals surface area contributed by atoms with E-state index in [0.29, 0.717) is 0 Å². The first-order chi connectivity index (χ1) is 7.18. The van der Waals surface area contributed by atoms with E-state index in [2.05, 4.69) is 4.98 Å². The van der Waals surface area contributed by atoms with Gasteiger partial charge in [-0.15, -0.1) is 0 Å². The van der Waals surface area contributed by atoms with Crippen molar-refractivity contribution in [3.8, 4) is 11.1 Å². The molecule has 4 heteroatoms. The fraction of sp³-hybridized carbons (Fsp3) is 0.0909. The highest BCUT2D eigenvalue weighted by Crippen LogP contribution is 2.21. The van der Waals surface area contributed by atoms with Crippen LogP contribution in [0.25, 0.3) is 11.1 Å². The summed E-state index contributed by atoms with van der Waals surface area (Å²) >= 11 is 0. The smallest absolute Gasteiger partial charge is 0.349 e. The van der Waals surface area contributed by atoms with E-state index in [1.54, 1.807) is 13.2 Å². The van der Waals surface area contributed by atoms with Gasteiger partial charge in [-0.3, -0.25) is 0 Å². The summed E-state index contributed by atoms with van der Waals surface area (Å²) in [5.74, 6) is 0.268. The lowest BCUT2D eigenvalue weighted by Crippen LogP contribution is -2.21. The molecule has 0 unspecified atom stereocenters. The molecule has 1 aromatic carbocycles. The van der Waals surface area contributed by atoms with Crippen LogP contribution in [0, 0.1) is 0 Å². The van der Waals surface area contributed by atoms with Crippen LogP contribution in [-0.4, -0.2) is 9.55 Å². The third-order valence-electron chi connectivity index (χ3n) is 2.20. The molecule has 0 bridgehead atoms. The Balaban J connectivity index is 2.64. The summed E-state index contributed by atoms with van der Waals surface area (Å²) in [5, 5.41) is 0. The molecule has 2 N–H and O–H groups in total. The van der Waals surface area contributed by atoms with Gasteiger partial charge in [-0.05, 0) is 5.56 Å². The topological polar surface area (TPSA) is 60.9 Å². The Kier molecular flexibility index (Phi) is 2.25. The number of aromatic nitrogens is 2. The first-order valence-electron chi connectivity index (χ1n) is 4.57. The number of hydrogen-bond donors (Lipinski definition) is 1. The number of benzene rings is 1. The van der Waals surface area contributed by atoms with Crippen molar-refractivity contribution in [3.63, 3.8) is 0 Å². The van der Waals surface area contributed by atoms with Crippen molar-refractivity contribution in [3.05, 3.63) is 47.0 Å². The van der Waals surface area contributed by atoms with E-state index in [1.807, 2.05) is 30.3 Å². The lowest BCUT2D eigenvalue weighted by molar-refractivity contribution is 0.816. The Labute approximate surface area is 87.0 Å². The van der Waals surface area contributed by atoms with E-state index in [1.165, 1.54) is 4.57 Å². The molecule has 2 aromatic rings. The van der Waals surface area contributed by atoms with E-state index < -0.39 is 0 Å². The largest absolute Gasteiger partial charge is 0.383 e. The molecule has 4 nitrogen and oxygen atoms in total. The molecule has 0 aliphatic carbocycles. The van der Waals surface area contributed by atoms with Gasteiger partial charge in [0, 0.05) is 18.8 Å². The van der Waals surface area contributed by atoms with Crippen LogP contribution in [0.15, 0.2) is 41.3 Å². The van der Waals surface area contributed by atoms with Crippen LogP contribution in [-0.2, 0) is 7.05 Å². The van der Waals surface area contributed by atoms with Crippen molar-refractivity contribution >= 4 is 5.82 Å². The maximum atomic E-state index is 11.2. The van der Waals surface area contributed by atoms with Crippen molar-refractivity contribution in [1.82, 2.24) is 9.55 Å². The fourth-order valence-corrected chi connectivity index (χ4v) is 1.40. The molecule has 0 aliphatic heterocycles. The van der Waals surface area contributed by atoms with Crippen molar-refractivity contribution in [2.45, 2.75) is 0 Å². The van der Waals surface area contributed by atoms with Gasteiger partial charge in [0.25, 0.3) is 0 Å². The molecule has 15 heavy (non-hydrogen) atoms. The molecule has 0 saturated heterocycles. The maximum Gasteiger partial charge on any atom is 0.349 e. The average molecular weight is 201 g/mol. The number of nitrogens with zero attached hydrogens (tertiary/aromatic N) is 2. The van der Waals surface area contributed by atoms with Crippen LogP contribution >= 0.6 is 0 Å². The van der Waals surface area contributed by atoms with Gasteiger partial charge in [0.2, 0.25) is 0 Å². The molecule has 76 valence electrons. The van der Waals surface area contributed by atoms with Crippen molar-refractivity contribution in [2.24, 2.45) is 7.05 Å². The molecule has 1 heterocycles. The van der Waals surface area contributed by atoms with Crippen LogP contribution in [0.5, 0.6) is 0 Å². The van der Waals surface area contributed by atoms with Gasteiger partial charge >= 0.3 is 5.69 Å². The Morgan fingerprint density at radius 1 is 1.27 bits per heavy atom. The van der Waals surface area contributed by atoms with Crippen molar-refractivity contribution in [1.29, 1.82) is 0 Å². The highest BCUT2D eigenvalue weighted by molar-refractivity contribution is 5.72. The first kappa shape index (κ1) is 9.45. The Morgan fingerprint density at radius 3 is 2.60 bits per heavy atom.